The van der Waals surface area contributed by atoms with Crippen LogP contribution in [0.1, 0.15) is 33.4 Å². The molecular weight excluding hydrogens is 1080 g/mol. The van der Waals surface area contributed by atoms with E-state index in [0.717, 1.165) is 107 Å². The maximum atomic E-state index is 5.87. The molecule has 0 unspecified atom stereocenters. The zero-order valence-corrected chi connectivity index (χ0v) is 48.9. The van der Waals surface area contributed by atoms with E-state index in [1.165, 1.54) is 79.8 Å². The van der Waals surface area contributed by atoms with E-state index in [4.69, 9.17) is 4.74 Å². The molecule has 13 heteroatoms. The van der Waals surface area contributed by atoms with E-state index in [0.29, 0.717) is 6.61 Å². The van der Waals surface area contributed by atoms with Crippen molar-refractivity contribution >= 4 is 84.2 Å². The third kappa shape index (κ3) is 17.3. The van der Waals surface area contributed by atoms with Crippen molar-refractivity contribution in [2.24, 2.45) is 0 Å². The van der Waals surface area contributed by atoms with Crippen LogP contribution >= 0.6 is 67.1 Å². The van der Waals surface area contributed by atoms with Gasteiger partial charge in [0.25, 0.3) is 0 Å². The molecule has 3 saturated heterocycles. The molecule has 3 aliphatic rings. The first-order valence-electron chi connectivity index (χ1n) is 25.4. The number of ether oxygens (including phenoxy) is 1. The van der Waals surface area contributed by atoms with Crippen LogP contribution in [-0.2, 0) is 22.0 Å². The zero-order chi connectivity index (χ0) is 50.7. The van der Waals surface area contributed by atoms with Gasteiger partial charge in [0.05, 0.1) is 51.4 Å². The van der Waals surface area contributed by atoms with Crippen molar-refractivity contribution in [3.8, 4) is 0 Å². The van der Waals surface area contributed by atoms with Crippen molar-refractivity contribution in [1.29, 1.82) is 0 Å². The average molecular weight is 1160 g/mol. The van der Waals surface area contributed by atoms with E-state index in [1.807, 2.05) is 35.3 Å². The number of benzene rings is 6. The lowest BCUT2D eigenvalue weighted by molar-refractivity contribution is -0.870. The molecule has 0 aliphatic carbocycles. The Hall–Kier alpha value is -3.47. The molecular formula is C59H76Br2N7OS3+. The third-order valence-electron chi connectivity index (χ3n) is 12.8. The molecule has 3 fully saturated rings. The largest absolute Gasteiger partial charge is 0.371 e. The molecule has 3 heterocycles. The standard InChI is InChI=1S/C23H34N3OS.2C18H21BrN2S/c1-19-17-20(18-27-16-15-26(2,3)4)9-10-22(19)28-23-8-6-5-7-21(23)25-13-11-24-12-14-25;1-14-12-15(13-19)6-7-17(14)22-18-5-3-2-4-16(18)21-10-8-20-9-11-21;1-14-6-7-17(15(12-14)13-19)22-18-5-3-2-4-16(18)21-10-8-20-9-11-21/h5-10,17,24H,11-16,18H2,1-4H3;2*2-7,12,20H,8-11,13H2,1H3/q+1;;. The number of para-hydroxylation sites is 3. The van der Waals surface area contributed by atoms with Gasteiger partial charge in [-0.1, -0.05) is 146 Å². The molecule has 0 bridgehead atoms. The molecule has 0 saturated carbocycles. The molecule has 0 aromatic heterocycles. The van der Waals surface area contributed by atoms with Gasteiger partial charge in [0, 0.05) is 119 Å². The van der Waals surface area contributed by atoms with Gasteiger partial charge in [-0.05, 0) is 103 Å². The Bertz CT molecular complexity index is 2610. The summed E-state index contributed by atoms with van der Waals surface area (Å²) in [4.78, 5) is 15.5. The van der Waals surface area contributed by atoms with Crippen molar-refractivity contribution in [3.63, 3.8) is 0 Å². The Balaban J connectivity index is 0.000000160. The number of anilines is 3. The number of quaternary nitrogens is 1. The summed E-state index contributed by atoms with van der Waals surface area (Å²) in [5.74, 6) is 0. The first-order chi connectivity index (χ1) is 35.0. The predicted molar refractivity (Wildman–Crippen MR) is 318 cm³/mol. The molecule has 0 atom stereocenters. The minimum Gasteiger partial charge on any atom is -0.371 e. The van der Waals surface area contributed by atoms with Gasteiger partial charge < -0.3 is 39.9 Å². The highest BCUT2D eigenvalue weighted by atomic mass is 79.9. The van der Waals surface area contributed by atoms with Gasteiger partial charge >= 0.3 is 0 Å². The normalized spacial score (nSPS) is 15.1. The first-order valence-corrected chi connectivity index (χ1v) is 30.1. The Morgan fingerprint density at radius 2 is 0.875 bits per heavy atom. The van der Waals surface area contributed by atoms with Gasteiger partial charge in [0.2, 0.25) is 0 Å². The highest BCUT2D eigenvalue weighted by Crippen LogP contribution is 2.40. The van der Waals surface area contributed by atoms with Crippen LogP contribution in [0.4, 0.5) is 17.1 Å². The zero-order valence-electron chi connectivity index (χ0n) is 43.3. The van der Waals surface area contributed by atoms with Crippen LogP contribution < -0.4 is 30.7 Å². The second-order valence-corrected chi connectivity index (χ2v) is 23.9. The quantitative estimate of drug-likeness (QED) is 0.0496. The van der Waals surface area contributed by atoms with Crippen molar-refractivity contribution in [2.75, 3.05) is 128 Å². The van der Waals surface area contributed by atoms with E-state index < -0.39 is 0 Å². The van der Waals surface area contributed by atoms with Crippen LogP contribution in [0.25, 0.3) is 0 Å². The fourth-order valence-electron chi connectivity index (χ4n) is 8.75. The molecule has 8 nitrogen and oxygen atoms in total. The van der Waals surface area contributed by atoms with Gasteiger partial charge in [-0.3, -0.25) is 0 Å². The van der Waals surface area contributed by atoms with E-state index in [9.17, 15) is 0 Å². The first kappa shape index (κ1) is 56.3. The summed E-state index contributed by atoms with van der Waals surface area (Å²) in [5, 5.41) is 12.1. The molecule has 72 heavy (non-hydrogen) atoms. The van der Waals surface area contributed by atoms with Gasteiger partial charge in [0.15, 0.2) is 0 Å². The molecule has 9 rings (SSSR count). The van der Waals surface area contributed by atoms with E-state index in [1.54, 1.807) is 0 Å². The maximum absolute atomic E-state index is 5.87. The number of nitrogens with one attached hydrogen (secondary N) is 3. The third-order valence-corrected chi connectivity index (χ3v) is 17.7. The Morgan fingerprint density at radius 1 is 0.472 bits per heavy atom. The number of piperazine rings is 3. The monoisotopic (exact) mass is 1150 g/mol. The Labute approximate surface area is 461 Å². The second-order valence-electron chi connectivity index (χ2n) is 19.6. The van der Waals surface area contributed by atoms with Crippen molar-refractivity contribution in [2.45, 2.75) is 67.4 Å². The number of alkyl halides is 2. The van der Waals surface area contributed by atoms with E-state index in [-0.39, 0.29) is 0 Å². The lowest BCUT2D eigenvalue weighted by Crippen LogP contribution is -2.43. The number of rotatable bonds is 16. The summed E-state index contributed by atoms with van der Waals surface area (Å²) in [5.41, 5.74) is 12.0. The van der Waals surface area contributed by atoms with Crippen LogP contribution in [0.2, 0.25) is 0 Å². The number of aryl methyl sites for hydroxylation is 3. The van der Waals surface area contributed by atoms with Gasteiger partial charge in [0.1, 0.15) is 6.54 Å². The molecule has 6 aromatic rings. The number of hydrogen-bond acceptors (Lipinski definition) is 10. The predicted octanol–water partition coefficient (Wildman–Crippen LogP) is 12.7. The van der Waals surface area contributed by atoms with Gasteiger partial charge in [-0.2, -0.15) is 0 Å². The summed E-state index contributed by atoms with van der Waals surface area (Å²) in [6, 6.07) is 46.4. The van der Waals surface area contributed by atoms with Crippen LogP contribution in [0.3, 0.4) is 0 Å². The number of nitrogens with zero attached hydrogens (tertiary/aromatic N) is 4. The average Bonchev–Trinajstić information content (AvgIpc) is 3.41. The maximum Gasteiger partial charge on any atom is 0.102 e. The van der Waals surface area contributed by atoms with Crippen LogP contribution in [-0.4, -0.2) is 117 Å². The smallest absolute Gasteiger partial charge is 0.102 e. The summed E-state index contributed by atoms with van der Waals surface area (Å²) in [7, 11) is 6.58. The summed E-state index contributed by atoms with van der Waals surface area (Å²) >= 11 is 12.8. The van der Waals surface area contributed by atoms with Crippen molar-refractivity contribution in [3.05, 3.63) is 161 Å². The molecule has 384 valence electrons. The van der Waals surface area contributed by atoms with E-state index >= 15 is 0 Å². The minimum absolute atomic E-state index is 0.684. The SMILES string of the molecule is Cc1cc(CBr)ccc1Sc1ccccc1N1CCNCC1.Cc1cc(COCC[N+](C)(C)C)ccc1Sc1ccccc1N1CCNCC1.Cc1ccc(Sc2ccccc2N2CCNCC2)c(CBr)c1. The Morgan fingerprint density at radius 3 is 1.29 bits per heavy atom. The Kier molecular flexibility index (Phi) is 22.7. The van der Waals surface area contributed by atoms with Crippen LogP contribution in [0.15, 0.2) is 157 Å². The molecule has 6 aromatic carbocycles. The number of likely N-dealkylation sites (N-methyl/N-ethyl adjacent to an activating group) is 1. The lowest BCUT2D eigenvalue weighted by Gasteiger charge is -2.31. The highest BCUT2D eigenvalue weighted by Gasteiger charge is 2.18. The fraction of sp³-hybridized carbons (Fsp3) is 0.390. The molecule has 0 radical (unpaired) electrons. The molecule has 0 spiro atoms. The van der Waals surface area contributed by atoms with E-state index in [2.05, 4.69) is 232 Å². The van der Waals surface area contributed by atoms with Crippen LogP contribution in [0.5, 0.6) is 0 Å². The fourth-order valence-corrected chi connectivity index (χ4v) is 12.9. The van der Waals surface area contributed by atoms with Crippen molar-refractivity contribution < 1.29 is 9.22 Å². The van der Waals surface area contributed by atoms with Crippen LogP contribution in [0, 0.1) is 20.8 Å². The van der Waals surface area contributed by atoms with Crippen molar-refractivity contribution in [1.82, 2.24) is 16.0 Å². The molecule has 0 amide bonds. The summed E-state index contributed by atoms with van der Waals surface area (Å²) in [6.07, 6.45) is 0. The minimum atomic E-state index is 0.684. The van der Waals surface area contributed by atoms with Gasteiger partial charge in [-0.15, -0.1) is 0 Å². The number of halogens is 2. The molecule has 3 aliphatic heterocycles. The topological polar surface area (TPSA) is 55.0 Å². The summed E-state index contributed by atoms with van der Waals surface area (Å²) in [6.45, 7) is 21.9. The number of hydrogen-bond donors (Lipinski definition) is 3. The molecule has 3 N–H and O–H groups in total. The highest BCUT2D eigenvalue weighted by molar-refractivity contribution is 9.08. The lowest BCUT2D eigenvalue weighted by atomic mass is 10.1. The second kappa shape index (κ2) is 29.0. The van der Waals surface area contributed by atoms with Gasteiger partial charge in [-0.25, -0.2) is 0 Å². The summed E-state index contributed by atoms with van der Waals surface area (Å²) < 4.78 is 6.80.